The number of ether oxygens (including phenoxy) is 3. The highest BCUT2D eigenvalue weighted by atomic mass is 79.9. The molecule has 1 fully saturated rings. The third kappa shape index (κ3) is 8.36. The third-order valence-electron chi connectivity index (χ3n) is 7.07. The highest BCUT2D eigenvalue weighted by Gasteiger charge is 2.42. The number of aromatic nitrogens is 2. The van der Waals surface area contributed by atoms with Gasteiger partial charge in [0.2, 0.25) is 0 Å². The number of rotatable bonds is 9. The van der Waals surface area contributed by atoms with E-state index in [4.69, 9.17) is 14.2 Å². The molecule has 0 spiro atoms. The number of H-pyrrole nitrogens is 1. The monoisotopic (exact) mass is 651 g/mol. The highest BCUT2D eigenvalue weighted by molar-refractivity contribution is 9.10. The van der Waals surface area contributed by atoms with E-state index in [0.29, 0.717) is 49.4 Å². The number of likely N-dealkylation sites (tertiary alicyclic amines) is 1. The molecule has 2 heterocycles. The molecule has 1 unspecified atom stereocenters. The molecule has 4 rings (SSSR count). The van der Waals surface area contributed by atoms with Gasteiger partial charge in [0.25, 0.3) is 0 Å². The predicted molar refractivity (Wildman–Crippen MR) is 162 cm³/mol. The summed E-state index contributed by atoms with van der Waals surface area (Å²) in [7, 11) is -1.32. The number of piperidine rings is 1. The number of fused-ring (bicyclic) bond motifs is 1. The number of halogens is 3. The molecule has 1 aromatic heterocycles. The summed E-state index contributed by atoms with van der Waals surface area (Å²) in [6, 6.07) is 11.1. The topological polar surface area (TPSA) is 76.7 Å². The minimum Gasteiger partial charge on any atom is -0.444 e. The van der Waals surface area contributed by atoms with E-state index >= 15 is 0 Å². The normalized spacial score (nSPS) is 16.7. The lowest BCUT2D eigenvalue weighted by atomic mass is 9.84. The van der Waals surface area contributed by atoms with Gasteiger partial charge in [-0.1, -0.05) is 47.7 Å². The lowest BCUT2D eigenvalue weighted by Gasteiger charge is -2.43. The van der Waals surface area contributed by atoms with Crippen molar-refractivity contribution in [2.75, 3.05) is 26.3 Å². The van der Waals surface area contributed by atoms with Crippen molar-refractivity contribution in [3.8, 4) is 0 Å². The number of aromatic amines is 1. The summed E-state index contributed by atoms with van der Waals surface area (Å²) in [5.74, 6) is -1.47. The number of carbonyl (C=O) groups is 1. The Bertz CT molecular complexity index is 1310. The zero-order valence-electron chi connectivity index (χ0n) is 24.7. The summed E-state index contributed by atoms with van der Waals surface area (Å²) < 4.78 is 47.6. The molecule has 1 atom stereocenters. The second kappa shape index (κ2) is 12.5. The molecule has 1 aliphatic rings. The first kappa shape index (κ1) is 31.6. The van der Waals surface area contributed by atoms with Crippen molar-refractivity contribution in [3.05, 3.63) is 63.9 Å². The molecule has 0 saturated carbocycles. The van der Waals surface area contributed by atoms with E-state index < -0.39 is 37.0 Å². The molecule has 1 aliphatic heterocycles. The third-order valence-corrected chi connectivity index (χ3v) is 9.31. The van der Waals surface area contributed by atoms with Gasteiger partial charge in [0, 0.05) is 44.4 Å². The second-order valence-corrected chi connectivity index (χ2v) is 19.4. The summed E-state index contributed by atoms with van der Waals surface area (Å²) in [4.78, 5) is 22.2. The second-order valence-electron chi connectivity index (χ2n) is 12.9. The van der Waals surface area contributed by atoms with Gasteiger partial charge in [-0.15, -0.1) is 0 Å². The van der Waals surface area contributed by atoms with Crippen molar-refractivity contribution in [1.82, 2.24) is 14.9 Å². The van der Waals surface area contributed by atoms with Crippen LogP contribution in [0, 0.1) is 11.6 Å². The fraction of sp³-hybridized carbons (Fsp3) is 0.533. The van der Waals surface area contributed by atoms with E-state index in [2.05, 4.69) is 45.5 Å². The van der Waals surface area contributed by atoms with Crippen molar-refractivity contribution >= 4 is 41.1 Å². The van der Waals surface area contributed by atoms with Gasteiger partial charge in [-0.05, 0) is 57.4 Å². The Morgan fingerprint density at radius 2 is 1.76 bits per heavy atom. The minimum absolute atomic E-state index is 0.212. The molecule has 41 heavy (non-hydrogen) atoms. The highest BCUT2D eigenvalue weighted by Crippen LogP contribution is 2.41. The van der Waals surface area contributed by atoms with Gasteiger partial charge in [-0.2, -0.15) is 0 Å². The van der Waals surface area contributed by atoms with Crippen molar-refractivity contribution in [3.63, 3.8) is 0 Å². The molecule has 11 heteroatoms. The van der Waals surface area contributed by atoms with Gasteiger partial charge in [0.1, 0.15) is 17.5 Å². The van der Waals surface area contributed by atoms with Crippen LogP contribution in [0.3, 0.4) is 0 Å². The quantitative estimate of drug-likeness (QED) is 0.188. The number of amides is 1. The smallest absolute Gasteiger partial charge is 0.410 e. The molecule has 3 aromatic rings. The molecule has 1 saturated heterocycles. The first-order chi connectivity index (χ1) is 19.1. The number of hydrogen-bond donors (Lipinski definition) is 1. The van der Waals surface area contributed by atoms with Crippen LogP contribution in [0.15, 0.2) is 40.9 Å². The van der Waals surface area contributed by atoms with Crippen molar-refractivity contribution in [2.24, 2.45) is 0 Å². The van der Waals surface area contributed by atoms with E-state index in [9.17, 15) is 13.6 Å². The largest absolute Gasteiger partial charge is 0.444 e. The summed E-state index contributed by atoms with van der Waals surface area (Å²) in [5, 5.41) is 0. The van der Waals surface area contributed by atoms with Crippen molar-refractivity contribution in [1.29, 1.82) is 0 Å². The fourth-order valence-electron chi connectivity index (χ4n) is 4.79. The van der Waals surface area contributed by atoms with Crippen LogP contribution in [0.4, 0.5) is 13.6 Å². The Hall–Kier alpha value is -2.34. The van der Waals surface area contributed by atoms with Crippen LogP contribution in [0.1, 0.15) is 51.1 Å². The average Bonchev–Trinajstić information content (AvgIpc) is 3.27. The number of hydrogen-bond acceptors (Lipinski definition) is 5. The Kier molecular flexibility index (Phi) is 9.62. The molecule has 0 bridgehead atoms. The maximum Gasteiger partial charge on any atom is 0.410 e. The van der Waals surface area contributed by atoms with Crippen LogP contribution in [0.2, 0.25) is 25.7 Å². The SMILES string of the molecule is CC(C)(C)OC(=O)N1CCC(OC(COCC[Si](C)(C)C)c2nc3cc(F)c(F)cc3[nH]2)(c2ccc(Br)cc2)CC1. The Labute approximate surface area is 250 Å². The predicted octanol–water partition coefficient (Wildman–Crippen LogP) is 7.94. The number of carbonyl (C=O) groups excluding carboxylic acids is 1. The number of imidazole rings is 1. The maximum atomic E-state index is 14.0. The molecule has 1 amide bonds. The first-order valence-electron chi connectivity index (χ1n) is 14.0. The summed E-state index contributed by atoms with van der Waals surface area (Å²) in [6.45, 7) is 14.1. The zero-order valence-corrected chi connectivity index (χ0v) is 27.2. The van der Waals surface area contributed by atoms with E-state index in [1.165, 1.54) is 0 Å². The van der Waals surface area contributed by atoms with Gasteiger partial charge in [0.05, 0.1) is 23.2 Å². The minimum atomic E-state index is -1.32. The lowest BCUT2D eigenvalue weighted by molar-refractivity contribution is -0.151. The van der Waals surface area contributed by atoms with E-state index in [-0.39, 0.29) is 12.7 Å². The van der Waals surface area contributed by atoms with E-state index in [0.717, 1.165) is 28.2 Å². The van der Waals surface area contributed by atoms with E-state index in [1.54, 1.807) is 4.90 Å². The maximum absolute atomic E-state index is 14.0. The fourth-order valence-corrected chi connectivity index (χ4v) is 5.81. The standard InChI is InChI=1S/C30H40BrF2N3O4Si/c1-29(2,3)40-28(37)36-13-11-30(12-14-36,20-7-9-21(31)10-8-20)39-26(19-38-15-16-41(4,5)6)27-34-24-17-22(32)23(33)18-25(24)35-27/h7-10,17-18,26H,11-16,19H2,1-6H3,(H,34,35). The van der Waals surface area contributed by atoms with Crippen LogP contribution >= 0.6 is 15.9 Å². The zero-order chi connectivity index (χ0) is 30.0. The summed E-state index contributed by atoms with van der Waals surface area (Å²) in [6.07, 6.45) is 0.0345. The number of nitrogens with one attached hydrogen (secondary N) is 1. The van der Waals surface area contributed by atoms with Crippen molar-refractivity contribution < 1.29 is 27.8 Å². The molecule has 1 N–H and O–H groups in total. The van der Waals surface area contributed by atoms with Gasteiger partial charge in [0.15, 0.2) is 11.6 Å². The van der Waals surface area contributed by atoms with Crippen LogP contribution in [-0.4, -0.2) is 60.9 Å². The van der Waals surface area contributed by atoms with Crippen LogP contribution in [0.25, 0.3) is 11.0 Å². The van der Waals surface area contributed by atoms with Crippen LogP contribution in [0.5, 0.6) is 0 Å². The van der Waals surface area contributed by atoms with Crippen LogP contribution in [-0.2, 0) is 19.8 Å². The molecule has 2 aromatic carbocycles. The lowest BCUT2D eigenvalue weighted by Crippen LogP contribution is -2.48. The van der Waals surface area contributed by atoms with Crippen LogP contribution < -0.4 is 0 Å². The molecule has 0 aliphatic carbocycles. The van der Waals surface area contributed by atoms with Gasteiger partial charge >= 0.3 is 6.09 Å². The van der Waals surface area contributed by atoms with E-state index in [1.807, 2.05) is 45.0 Å². The van der Waals surface area contributed by atoms with Gasteiger partial charge in [-0.25, -0.2) is 18.6 Å². The van der Waals surface area contributed by atoms with Gasteiger partial charge in [-0.3, -0.25) is 0 Å². The van der Waals surface area contributed by atoms with Crippen molar-refractivity contribution in [2.45, 2.75) is 76.6 Å². The summed E-state index contributed by atoms with van der Waals surface area (Å²) in [5.41, 5.74) is 0.303. The van der Waals surface area contributed by atoms with Gasteiger partial charge < -0.3 is 24.1 Å². The number of nitrogens with zero attached hydrogens (tertiary/aromatic N) is 2. The average molecular weight is 653 g/mol. The Morgan fingerprint density at radius 3 is 2.37 bits per heavy atom. The Balaban J connectivity index is 1.65. The summed E-state index contributed by atoms with van der Waals surface area (Å²) >= 11 is 3.52. The Morgan fingerprint density at radius 1 is 1.12 bits per heavy atom. The molecule has 7 nitrogen and oxygen atoms in total. The molecule has 0 radical (unpaired) electrons. The molecular formula is C30H40BrF2N3O4Si. The first-order valence-corrected chi connectivity index (χ1v) is 18.5. The number of benzene rings is 2. The molecule has 224 valence electrons. The molecular weight excluding hydrogens is 612 g/mol.